The molecule has 2 rings (SSSR count). The van der Waals surface area contributed by atoms with Crippen molar-refractivity contribution in [3.05, 3.63) is 23.5 Å². The second-order valence-electron chi connectivity index (χ2n) is 2.73. The van der Waals surface area contributed by atoms with Crippen LogP contribution < -0.4 is 0 Å². The number of aromatic nitrogens is 3. The molecule has 0 radical (unpaired) electrons. The molecule has 0 aliphatic rings. The van der Waals surface area contributed by atoms with Crippen molar-refractivity contribution in [1.82, 2.24) is 14.5 Å². The Hall–Kier alpha value is -1.20. The summed E-state index contributed by atoms with van der Waals surface area (Å²) in [5.41, 5.74) is 0.663. The van der Waals surface area contributed by atoms with Crippen LogP contribution in [0.25, 0.3) is 11.0 Å². The first-order valence-electron chi connectivity index (χ1n) is 3.88. The Kier molecular flexibility index (Phi) is 2.35. The lowest BCUT2D eigenvalue weighted by molar-refractivity contribution is 0.134. The van der Waals surface area contributed by atoms with E-state index < -0.39 is 5.82 Å². The number of rotatable bonds is 2. The van der Waals surface area contributed by atoms with Crippen LogP contribution in [0.5, 0.6) is 0 Å². The number of methoxy groups -OCH3 is 1. The lowest BCUT2D eigenvalue weighted by atomic mass is 10.4. The lowest BCUT2D eigenvalue weighted by Crippen LogP contribution is -1.99. The molecule has 74 valence electrons. The number of hydrogen-bond donors (Lipinski definition) is 0. The third-order valence-electron chi connectivity index (χ3n) is 1.82. The molecule has 0 saturated carbocycles. The second kappa shape index (κ2) is 3.51. The Morgan fingerprint density at radius 2 is 2.36 bits per heavy atom. The predicted molar refractivity (Wildman–Crippen MR) is 49.5 cm³/mol. The van der Waals surface area contributed by atoms with Crippen LogP contribution in [-0.4, -0.2) is 21.6 Å². The standard InChI is InChI=1S/C8H7ClFN3O/c1-14-4-13-3-12-6-7(13)5(10)2-11-8(6)9/h2-3H,4H2,1H3. The molecule has 14 heavy (non-hydrogen) atoms. The molecule has 0 bridgehead atoms. The normalized spacial score (nSPS) is 11.1. The number of pyridine rings is 1. The number of hydrogen-bond acceptors (Lipinski definition) is 3. The summed E-state index contributed by atoms with van der Waals surface area (Å²) in [6.07, 6.45) is 2.53. The first-order valence-corrected chi connectivity index (χ1v) is 4.25. The molecular formula is C8H7ClFN3O. The molecule has 0 amide bonds. The summed E-state index contributed by atoms with van der Waals surface area (Å²) in [5, 5.41) is 0.191. The summed E-state index contributed by atoms with van der Waals surface area (Å²) in [6.45, 7) is 0.230. The fourth-order valence-electron chi connectivity index (χ4n) is 1.26. The number of halogens is 2. The molecule has 2 heterocycles. The van der Waals surface area contributed by atoms with E-state index in [9.17, 15) is 4.39 Å². The van der Waals surface area contributed by atoms with Crippen molar-refractivity contribution < 1.29 is 9.13 Å². The maximum absolute atomic E-state index is 13.3. The van der Waals surface area contributed by atoms with Gasteiger partial charge < -0.3 is 9.30 Å². The molecule has 0 aliphatic carbocycles. The highest BCUT2D eigenvalue weighted by Gasteiger charge is 2.11. The van der Waals surface area contributed by atoms with Gasteiger partial charge in [-0.2, -0.15) is 0 Å². The van der Waals surface area contributed by atoms with Crippen LogP contribution in [0, 0.1) is 5.82 Å². The lowest BCUT2D eigenvalue weighted by Gasteiger charge is -2.02. The van der Waals surface area contributed by atoms with E-state index in [1.165, 1.54) is 18.0 Å². The Balaban J connectivity index is 2.70. The highest BCUT2D eigenvalue weighted by atomic mass is 35.5. The van der Waals surface area contributed by atoms with Crippen LogP contribution >= 0.6 is 11.6 Å². The summed E-state index contributed by atoms with van der Waals surface area (Å²) in [5.74, 6) is -0.459. The molecule has 0 saturated heterocycles. The molecule has 0 aromatic carbocycles. The van der Waals surface area contributed by atoms with E-state index in [-0.39, 0.29) is 11.9 Å². The Labute approximate surface area is 84.3 Å². The van der Waals surface area contributed by atoms with Gasteiger partial charge in [-0.15, -0.1) is 0 Å². The van der Waals surface area contributed by atoms with Crippen LogP contribution in [-0.2, 0) is 11.5 Å². The Morgan fingerprint density at radius 1 is 1.57 bits per heavy atom. The van der Waals surface area contributed by atoms with E-state index in [2.05, 4.69) is 9.97 Å². The van der Waals surface area contributed by atoms with Gasteiger partial charge in [0.15, 0.2) is 11.0 Å². The molecule has 2 aromatic heterocycles. The smallest absolute Gasteiger partial charge is 0.167 e. The molecule has 0 fully saturated rings. The van der Waals surface area contributed by atoms with E-state index in [0.717, 1.165) is 6.20 Å². The SMILES string of the molecule is COCn1cnc2c(Cl)ncc(F)c21. The maximum Gasteiger partial charge on any atom is 0.167 e. The quantitative estimate of drug-likeness (QED) is 0.718. The molecule has 0 N–H and O–H groups in total. The van der Waals surface area contributed by atoms with Crippen LogP contribution in [0.3, 0.4) is 0 Å². The molecule has 4 nitrogen and oxygen atoms in total. The topological polar surface area (TPSA) is 39.9 Å². The van der Waals surface area contributed by atoms with Crippen LogP contribution in [0.1, 0.15) is 0 Å². The number of imidazole rings is 1. The van der Waals surface area contributed by atoms with Gasteiger partial charge in [-0.25, -0.2) is 14.4 Å². The molecule has 0 unspecified atom stereocenters. The van der Waals surface area contributed by atoms with Gasteiger partial charge in [0, 0.05) is 7.11 Å². The molecule has 0 atom stereocenters. The maximum atomic E-state index is 13.3. The van der Waals surface area contributed by atoms with Crippen molar-refractivity contribution in [2.24, 2.45) is 0 Å². The zero-order valence-electron chi connectivity index (χ0n) is 7.37. The second-order valence-corrected chi connectivity index (χ2v) is 3.08. The zero-order valence-corrected chi connectivity index (χ0v) is 8.12. The van der Waals surface area contributed by atoms with E-state index in [4.69, 9.17) is 16.3 Å². The molecule has 2 aromatic rings. The van der Waals surface area contributed by atoms with Crippen molar-refractivity contribution in [3.8, 4) is 0 Å². The summed E-state index contributed by atoms with van der Waals surface area (Å²) in [7, 11) is 1.52. The number of fused-ring (bicyclic) bond motifs is 1. The summed E-state index contributed by atoms with van der Waals surface area (Å²) in [6, 6.07) is 0. The van der Waals surface area contributed by atoms with Crippen LogP contribution in [0.15, 0.2) is 12.5 Å². The van der Waals surface area contributed by atoms with E-state index in [0.29, 0.717) is 11.0 Å². The van der Waals surface area contributed by atoms with Gasteiger partial charge in [0.2, 0.25) is 0 Å². The van der Waals surface area contributed by atoms with E-state index in [1.807, 2.05) is 0 Å². The predicted octanol–water partition coefficient (Wildman–Crippen LogP) is 1.83. The van der Waals surface area contributed by atoms with Gasteiger partial charge in [0.05, 0.1) is 12.5 Å². The highest BCUT2D eigenvalue weighted by molar-refractivity contribution is 6.33. The number of nitrogens with zero attached hydrogens (tertiary/aromatic N) is 3. The van der Waals surface area contributed by atoms with Crippen LogP contribution in [0.2, 0.25) is 5.15 Å². The summed E-state index contributed by atoms with van der Waals surface area (Å²) < 4.78 is 19.8. The number of ether oxygens (including phenoxy) is 1. The van der Waals surface area contributed by atoms with Crippen molar-refractivity contribution in [2.45, 2.75) is 6.73 Å². The molecular weight excluding hydrogens is 209 g/mol. The van der Waals surface area contributed by atoms with Gasteiger partial charge in [0.25, 0.3) is 0 Å². The molecule has 6 heteroatoms. The van der Waals surface area contributed by atoms with Gasteiger partial charge in [0.1, 0.15) is 17.8 Å². The minimum atomic E-state index is -0.459. The first kappa shape index (κ1) is 9.36. The van der Waals surface area contributed by atoms with Crippen molar-refractivity contribution in [1.29, 1.82) is 0 Å². The van der Waals surface area contributed by atoms with Crippen molar-refractivity contribution in [3.63, 3.8) is 0 Å². The van der Waals surface area contributed by atoms with Crippen molar-refractivity contribution in [2.75, 3.05) is 7.11 Å². The fourth-order valence-corrected chi connectivity index (χ4v) is 1.44. The third-order valence-corrected chi connectivity index (χ3v) is 2.10. The van der Waals surface area contributed by atoms with Crippen molar-refractivity contribution >= 4 is 22.6 Å². The average Bonchev–Trinajstić information content (AvgIpc) is 2.58. The van der Waals surface area contributed by atoms with E-state index >= 15 is 0 Å². The van der Waals surface area contributed by atoms with Gasteiger partial charge in [-0.3, -0.25) is 0 Å². The summed E-state index contributed by atoms with van der Waals surface area (Å²) >= 11 is 5.75. The largest absolute Gasteiger partial charge is 0.364 e. The van der Waals surface area contributed by atoms with Gasteiger partial charge in [-0.1, -0.05) is 11.6 Å². The Bertz CT molecular complexity index is 471. The first-order chi connectivity index (χ1) is 6.74. The third kappa shape index (κ3) is 1.34. The minimum absolute atomic E-state index is 0.191. The monoisotopic (exact) mass is 215 g/mol. The zero-order chi connectivity index (χ0) is 10.1. The van der Waals surface area contributed by atoms with Gasteiger partial charge in [-0.05, 0) is 0 Å². The molecule has 0 spiro atoms. The van der Waals surface area contributed by atoms with Crippen LogP contribution in [0.4, 0.5) is 4.39 Å². The fraction of sp³-hybridized carbons (Fsp3) is 0.250. The average molecular weight is 216 g/mol. The minimum Gasteiger partial charge on any atom is -0.364 e. The molecule has 0 aliphatic heterocycles. The summed E-state index contributed by atoms with van der Waals surface area (Å²) in [4.78, 5) is 7.60. The Morgan fingerprint density at radius 3 is 3.07 bits per heavy atom. The highest BCUT2D eigenvalue weighted by Crippen LogP contribution is 2.21. The van der Waals surface area contributed by atoms with Gasteiger partial charge >= 0.3 is 0 Å². The van der Waals surface area contributed by atoms with E-state index in [1.54, 1.807) is 0 Å².